The number of ether oxygens (including phenoxy) is 1. The average Bonchev–Trinajstić information content (AvgIpc) is 3.29. The predicted octanol–water partition coefficient (Wildman–Crippen LogP) is 4.55. The summed E-state index contributed by atoms with van der Waals surface area (Å²) >= 11 is 0. The molecule has 0 saturated carbocycles. The van der Waals surface area contributed by atoms with E-state index in [9.17, 15) is 14.0 Å². The van der Waals surface area contributed by atoms with E-state index in [0.717, 1.165) is 39.0 Å². The average molecular weight is 484 g/mol. The number of para-hydroxylation sites is 1. The highest BCUT2D eigenvalue weighted by Crippen LogP contribution is 2.48. The number of nitrogens with zero attached hydrogens (tertiary/aromatic N) is 2. The van der Waals surface area contributed by atoms with Crippen molar-refractivity contribution in [2.75, 3.05) is 20.2 Å². The minimum absolute atomic E-state index is 0.0172. The molecule has 0 aliphatic carbocycles. The predicted molar refractivity (Wildman–Crippen MR) is 134 cm³/mol. The number of rotatable bonds is 4. The number of piperazine rings is 1. The van der Waals surface area contributed by atoms with Crippen molar-refractivity contribution in [1.29, 1.82) is 0 Å². The van der Waals surface area contributed by atoms with E-state index >= 15 is 0 Å². The van der Waals surface area contributed by atoms with Gasteiger partial charge in [0, 0.05) is 29.9 Å². The maximum absolute atomic E-state index is 14.1. The molecule has 0 unspecified atom stereocenters. The second kappa shape index (κ2) is 8.22. The van der Waals surface area contributed by atoms with Crippen LogP contribution in [0.5, 0.6) is 5.75 Å². The number of carbonyl (C=O) groups excluding carboxylic acids is 2. The van der Waals surface area contributed by atoms with Gasteiger partial charge in [0.15, 0.2) is 5.54 Å². The van der Waals surface area contributed by atoms with Gasteiger partial charge in [0.1, 0.15) is 18.1 Å². The SMILES string of the molecule is COc1ccc([C@@H]2CN3C(=O)CN(Cc4ccc(F)cc4)C(=O)[C@]3(C)c3[nH]c4ccccc4c32)cc1. The Morgan fingerprint density at radius 1 is 1.03 bits per heavy atom. The van der Waals surface area contributed by atoms with Gasteiger partial charge in [0.2, 0.25) is 5.91 Å². The Morgan fingerprint density at radius 2 is 1.75 bits per heavy atom. The largest absolute Gasteiger partial charge is 0.497 e. The van der Waals surface area contributed by atoms with Crippen LogP contribution in [0.1, 0.15) is 35.2 Å². The van der Waals surface area contributed by atoms with Crippen molar-refractivity contribution < 1.29 is 18.7 Å². The van der Waals surface area contributed by atoms with E-state index in [1.54, 1.807) is 29.0 Å². The van der Waals surface area contributed by atoms with E-state index in [0.29, 0.717) is 6.54 Å². The molecule has 0 radical (unpaired) electrons. The normalized spacial score (nSPS) is 21.5. The van der Waals surface area contributed by atoms with Crippen LogP contribution < -0.4 is 4.74 Å². The smallest absolute Gasteiger partial charge is 0.255 e. The topological polar surface area (TPSA) is 65.6 Å². The van der Waals surface area contributed by atoms with E-state index < -0.39 is 5.54 Å². The minimum atomic E-state index is -1.17. The Hall–Kier alpha value is -4.13. The number of H-pyrrole nitrogens is 1. The zero-order valence-electron chi connectivity index (χ0n) is 20.1. The fourth-order valence-electron chi connectivity index (χ4n) is 5.75. The van der Waals surface area contributed by atoms with Crippen molar-refractivity contribution in [1.82, 2.24) is 14.8 Å². The minimum Gasteiger partial charge on any atom is -0.497 e. The molecule has 6 nitrogen and oxygen atoms in total. The first kappa shape index (κ1) is 22.3. The highest BCUT2D eigenvalue weighted by molar-refractivity contribution is 6.01. The summed E-state index contributed by atoms with van der Waals surface area (Å²) in [5.41, 5.74) is 3.38. The second-order valence-electron chi connectivity index (χ2n) is 9.65. The third-order valence-electron chi connectivity index (χ3n) is 7.62. The van der Waals surface area contributed by atoms with Crippen molar-refractivity contribution in [3.05, 3.63) is 101 Å². The molecular formula is C29H26FN3O3. The quantitative estimate of drug-likeness (QED) is 0.463. The van der Waals surface area contributed by atoms with Crippen LogP contribution in [0.3, 0.4) is 0 Å². The monoisotopic (exact) mass is 483 g/mol. The lowest BCUT2D eigenvalue weighted by atomic mass is 9.76. The van der Waals surface area contributed by atoms with Crippen LogP contribution in [0.15, 0.2) is 72.8 Å². The Bertz CT molecular complexity index is 1480. The number of hydrogen-bond donors (Lipinski definition) is 1. The number of nitrogens with one attached hydrogen (secondary N) is 1. The van der Waals surface area contributed by atoms with Crippen LogP contribution in [0.2, 0.25) is 0 Å². The summed E-state index contributed by atoms with van der Waals surface area (Å²) in [7, 11) is 1.63. The molecule has 1 saturated heterocycles. The lowest BCUT2D eigenvalue weighted by Crippen LogP contribution is -2.67. The van der Waals surface area contributed by atoms with E-state index in [1.165, 1.54) is 12.1 Å². The lowest BCUT2D eigenvalue weighted by molar-refractivity contribution is -0.166. The first-order valence-electron chi connectivity index (χ1n) is 12.0. The Labute approximate surface area is 208 Å². The molecule has 2 aliphatic rings. The molecular weight excluding hydrogens is 457 g/mol. The summed E-state index contributed by atoms with van der Waals surface area (Å²) in [5, 5.41) is 1.05. The van der Waals surface area contributed by atoms with Gasteiger partial charge >= 0.3 is 0 Å². The van der Waals surface area contributed by atoms with Gasteiger partial charge in [0.25, 0.3) is 5.91 Å². The molecule has 1 fully saturated rings. The molecule has 1 aromatic heterocycles. The molecule has 36 heavy (non-hydrogen) atoms. The molecule has 182 valence electrons. The molecule has 2 atom stereocenters. The molecule has 3 aromatic carbocycles. The number of benzene rings is 3. The third kappa shape index (κ3) is 3.30. The fourth-order valence-corrected chi connectivity index (χ4v) is 5.75. The molecule has 2 amide bonds. The van der Waals surface area contributed by atoms with Crippen molar-refractivity contribution >= 4 is 22.7 Å². The van der Waals surface area contributed by atoms with Crippen LogP contribution in [-0.4, -0.2) is 46.8 Å². The summed E-state index contributed by atoms with van der Waals surface area (Å²) in [6.45, 7) is 2.46. The third-order valence-corrected chi connectivity index (χ3v) is 7.62. The van der Waals surface area contributed by atoms with Crippen LogP contribution in [0, 0.1) is 5.82 Å². The first-order valence-corrected chi connectivity index (χ1v) is 12.0. The van der Waals surface area contributed by atoms with E-state index in [-0.39, 0.29) is 36.6 Å². The van der Waals surface area contributed by atoms with Gasteiger partial charge in [-0.05, 0) is 53.9 Å². The summed E-state index contributed by atoms with van der Waals surface area (Å²) in [6.07, 6.45) is 0. The van der Waals surface area contributed by atoms with Crippen molar-refractivity contribution in [3.8, 4) is 5.75 Å². The first-order chi connectivity index (χ1) is 17.4. The summed E-state index contributed by atoms with van der Waals surface area (Å²) in [4.78, 5) is 34.5. The maximum atomic E-state index is 14.1. The van der Waals surface area contributed by atoms with Gasteiger partial charge < -0.3 is 19.5 Å². The highest BCUT2D eigenvalue weighted by atomic mass is 19.1. The van der Waals surface area contributed by atoms with Gasteiger partial charge in [-0.3, -0.25) is 9.59 Å². The van der Waals surface area contributed by atoms with Crippen molar-refractivity contribution in [2.45, 2.75) is 24.9 Å². The molecule has 2 aliphatic heterocycles. The molecule has 0 spiro atoms. The lowest BCUT2D eigenvalue weighted by Gasteiger charge is -2.51. The molecule has 7 heteroatoms. The molecule has 4 aromatic rings. The number of methoxy groups -OCH3 is 1. The van der Waals surface area contributed by atoms with Gasteiger partial charge in [-0.2, -0.15) is 0 Å². The zero-order valence-corrected chi connectivity index (χ0v) is 20.1. The summed E-state index contributed by atoms with van der Waals surface area (Å²) in [5.74, 6) is 0.0710. The number of aromatic nitrogens is 1. The van der Waals surface area contributed by atoms with Crippen molar-refractivity contribution in [2.24, 2.45) is 0 Å². The van der Waals surface area contributed by atoms with E-state index in [4.69, 9.17) is 4.74 Å². The molecule has 6 rings (SSSR count). The summed E-state index contributed by atoms with van der Waals surface area (Å²) in [6, 6.07) is 21.9. The number of fused-ring (bicyclic) bond motifs is 5. The highest BCUT2D eigenvalue weighted by Gasteiger charge is 2.56. The van der Waals surface area contributed by atoms with Gasteiger partial charge in [-0.25, -0.2) is 4.39 Å². The van der Waals surface area contributed by atoms with E-state index in [2.05, 4.69) is 11.1 Å². The Balaban J connectivity index is 1.48. The number of carbonyl (C=O) groups is 2. The standard InChI is InChI=1S/C29H26FN3O3/c1-29-27-26(22-5-3-4-6-24(22)31-27)23(19-9-13-21(36-2)14-10-19)16-33(29)25(34)17-32(28(29)35)15-18-7-11-20(30)12-8-18/h3-14,23,31H,15-17H2,1-2H3/t23-,29-/m0/s1. The fraction of sp³-hybridized carbons (Fsp3) is 0.241. The van der Waals surface area contributed by atoms with Gasteiger partial charge in [0.05, 0.1) is 12.8 Å². The Kier molecular flexibility index (Phi) is 5.10. The van der Waals surface area contributed by atoms with Crippen LogP contribution in [0.25, 0.3) is 10.9 Å². The van der Waals surface area contributed by atoms with Crippen molar-refractivity contribution in [3.63, 3.8) is 0 Å². The molecule has 3 heterocycles. The van der Waals surface area contributed by atoms with Crippen LogP contribution in [-0.2, 0) is 21.7 Å². The van der Waals surface area contributed by atoms with Crippen LogP contribution in [0.4, 0.5) is 4.39 Å². The second-order valence-corrected chi connectivity index (χ2v) is 9.65. The molecule has 0 bridgehead atoms. The number of aromatic amines is 1. The Morgan fingerprint density at radius 3 is 2.47 bits per heavy atom. The number of amides is 2. The van der Waals surface area contributed by atoms with Crippen LogP contribution >= 0.6 is 0 Å². The van der Waals surface area contributed by atoms with Gasteiger partial charge in [-0.15, -0.1) is 0 Å². The summed E-state index contributed by atoms with van der Waals surface area (Å²) < 4.78 is 18.8. The molecule has 1 N–H and O–H groups in total. The zero-order chi connectivity index (χ0) is 25.0. The number of hydrogen-bond acceptors (Lipinski definition) is 3. The maximum Gasteiger partial charge on any atom is 0.255 e. The number of halogens is 1. The van der Waals surface area contributed by atoms with Gasteiger partial charge in [-0.1, -0.05) is 42.5 Å². The van der Waals surface area contributed by atoms with E-state index in [1.807, 2.05) is 49.4 Å².